The van der Waals surface area contributed by atoms with E-state index in [0.29, 0.717) is 17.7 Å². The van der Waals surface area contributed by atoms with E-state index in [1.807, 2.05) is 0 Å². The van der Waals surface area contributed by atoms with Crippen molar-refractivity contribution in [3.05, 3.63) is 11.9 Å². The van der Waals surface area contributed by atoms with Crippen LogP contribution in [0.25, 0.3) is 0 Å². The zero-order chi connectivity index (χ0) is 13.0. The highest BCUT2D eigenvalue weighted by Gasteiger charge is 2.16. The van der Waals surface area contributed by atoms with Gasteiger partial charge in [-0.1, -0.05) is 13.8 Å². The number of nitrogens with two attached hydrogens (primary N) is 1. The molecule has 0 saturated carbocycles. The highest BCUT2D eigenvalue weighted by Crippen LogP contribution is 2.26. The molecule has 0 bridgehead atoms. The smallest absolute Gasteiger partial charge is 0.134 e. The third-order valence-corrected chi connectivity index (χ3v) is 3.36. The first-order chi connectivity index (χ1) is 8.68. The average molecular weight is 250 g/mol. The molecule has 0 aromatic carbocycles. The van der Waals surface area contributed by atoms with E-state index in [-0.39, 0.29) is 0 Å². The topological polar surface area (TPSA) is 73.1 Å². The zero-order valence-electron chi connectivity index (χ0n) is 11.1. The molecule has 1 aliphatic heterocycles. The minimum absolute atomic E-state index is 0.323. The Hall–Kier alpha value is -1.36. The number of hydrogen-bond donors (Lipinski definition) is 2. The van der Waals surface area contributed by atoms with Gasteiger partial charge >= 0.3 is 0 Å². The molecule has 1 fully saturated rings. The van der Waals surface area contributed by atoms with Crippen LogP contribution < -0.4 is 11.1 Å². The van der Waals surface area contributed by atoms with Crippen LogP contribution in [0.15, 0.2) is 6.33 Å². The van der Waals surface area contributed by atoms with Gasteiger partial charge in [0.1, 0.15) is 18.0 Å². The number of ether oxygens (including phenoxy) is 1. The lowest BCUT2D eigenvalue weighted by molar-refractivity contribution is 0.185. The maximum Gasteiger partial charge on any atom is 0.134 e. The van der Waals surface area contributed by atoms with E-state index in [4.69, 9.17) is 10.5 Å². The van der Waals surface area contributed by atoms with Gasteiger partial charge in [-0.2, -0.15) is 0 Å². The van der Waals surface area contributed by atoms with Gasteiger partial charge in [-0.05, 0) is 24.7 Å². The molecule has 1 unspecified atom stereocenters. The van der Waals surface area contributed by atoms with Crippen LogP contribution in [-0.2, 0) is 4.74 Å². The van der Waals surface area contributed by atoms with E-state index in [1.165, 1.54) is 12.7 Å². The maximum atomic E-state index is 5.91. The molecule has 1 saturated heterocycles. The highest BCUT2D eigenvalue weighted by atomic mass is 16.5. The van der Waals surface area contributed by atoms with Crippen molar-refractivity contribution in [2.24, 2.45) is 5.92 Å². The van der Waals surface area contributed by atoms with Gasteiger partial charge in [-0.15, -0.1) is 0 Å². The summed E-state index contributed by atoms with van der Waals surface area (Å²) in [6, 6.07) is 0. The average Bonchev–Trinajstić information content (AvgIpc) is 2.81. The van der Waals surface area contributed by atoms with E-state index < -0.39 is 0 Å². The molecule has 5 nitrogen and oxygen atoms in total. The number of nitrogen functional groups attached to an aromatic ring is 1. The van der Waals surface area contributed by atoms with Crippen LogP contribution in [0.3, 0.4) is 0 Å². The predicted octanol–water partition coefficient (Wildman–Crippen LogP) is 2.02. The molecular weight excluding hydrogens is 228 g/mol. The van der Waals surface area contributed by atoms with E-state index in [0.717, 1.165) is 37.6 Å². The van der Waals surface area contributed by atoms with Crippen LogP contribution in [0.2, 0.25) is 0 Å². The molecule has 0 spiro atoms. The second-order valence-corrected chi connectivity index (χ2v) is 5.12. The summed E-state index contributed by atoms with van der Waals surface area (Å²) < 4.78 is 5.37. The van der Waals surface area contributed by atoms with Gasteiger partial charge in [0.15, 0.2) is 0 Å². The van der Waals surface area contributed by atoms with Crippen LogP contribution in [0.1, 0.15) is 38.2 Å². The Bertz CT molecular complexity index is 389. The molecule has 3 N–H and O–H groups in total. The van der Waals surface area contributed by atoms with Gasteiger partial charge in [0, 0.05) is 25.3 Å². The quantitative estimate of drug-likeness (QED) is 0.836. The summed E-state index contributed by atoms with van der Waals surface area (Å²) in [6.07, 6.45) is 3.80. The van der Waals surface area contributed by atoms with Crippen molar-refractivity contribution in [3.63, 3.8) is 0 Å². The summed E-state index contributed by atoms with van der Waals surface area (Å²) in [5.41, 5.74) is 6.92. The summed E-state index contributed by atoms with van der Waals surface area (Å²) in [5, 5.41) is 3.38. The SMILES string of the molecule is CC(C)c1c(N)ncnc1NCCC1CCOC1. The van der Waals surface area contributed by atoms with E-state index >= 15 is 0 Å². The van der Waals surface area contributed by atoms with Gasteiger partial charge in [0.25, 0.3) is 0 Å². The Morgan fingerprint density at radius 3 is 3.00 bits per heavy atom. The number of aromatic nitrogens is 2. The van der Waals surface area contributed by atoms with Crippen LogP contribution in [0.4, 0.5) is 11.6 Å². The van der Waals surface area contributed by atoms with Crippen LogP contribution in [0, 0.1) is 5.92 Å². The Morgan fingerprint density at radius 1 is 1.50 bits per heavy atom. The summed E-state index contributed by atoms with van der Waals surface area (Å²) in [6.45, 7) is 6.91. The number of anilines is 2. The Balaban J connectivity index is 1.93. The summed E-state index contributed by atoms with van der Waals surface area (Å²) in [4.78, 5) is 8.34. The zero-order valence-corrected chi connectivity index (χ0v) is 11.1. The monoisotopic (exact) mass is 250 g/mol. The molecule has 2 heterocycles. The summed E-state index contributed by atoms with van der Waals surface area (Å²) >= 11 is 0. The van der Waals surface area contributed by atoms with Crippen LogP contribution >= 0.6 is 0 Å². The first-order valence-corrected chi connectivity index (χ1v) is 6.60. The lowest BCUT2D eigenvalue weighted by Gasteiger charge is -2.15. The third kappa shape index (κ3) is 3.10. The molecule has 18 heavy (non-hydrogen) atoms. The molecule has 1 aromatic rings. The third-order valence-electron chi connectivity index (χ3n) is 3.36. The van der Waals surface area contributed by atoms with E-state index in [1.54, 1.807) is 0 Å². The van der Waals surface area contributed by atoms with Crippen LogP contribution in [-0.4, -0.2) is 29.7 Å². The number of rotatable bonds is 5. The van der Waals surface area contributed by atoms with Crippen molar-refractivity contribution in [1.82, 2.24) is 9.97 Å². The molecule has 1 aromatic heterocycles. The fraction of sp³-hybridized carbons (Fsp3) is 0.692. The lowest BCUT2D eigenvalue weighted by atomic mass is 10.0. The first kappa shape index (κ1) is 13.1. The lowest BCUT2D eigenvalue weighted by Crippen LogP contribution is -2.13. The minimum Gasteiger partial charge on any atom is -0.383 e. The molecular formula is C13H22N4O. The fourth-order valence-electron chi connectivity index (χ4n) is 2.32. The molecule has 5 heteroatoms. The number of nitrogens with one attached hydrogen (secondary N) is 1. The van der Waals surface area contributed by atoms with Gasteiger partial charge < -0.3 is 15.8 Å². The highest BCUT2D eigenvalue weighted by molar-refractivity contribution is 5.56. The van der Waals surface area contributed by atoms with Gasteiger partial charge in [0.2, 0.25) is 0 Å². The molecule has 0 amide bonds. The number of hydrogen-bond acceptors (Lipinski definition) is 5. The minimum atomic E-state index is 0.323. The summed E-state index contributed by atoms with van der Waals surface area (Å²) in [5.74, 6) is 2.45. The Kier molecular flexibility index (Phi) is 4.36. The van der Waals surface area contributed by atoms with Crippen LogP contribution in [0.5, 0.6) is 0 Å². The molecule has 2 rings (SSSR count). The van der Waals surface area contributed by atoms with Gasteiger partial charge in [-0.25, -0.2) is 9.97 Å². The van der Waals surface area contributed by atoms with Gasteiger partial charge in [0.05, 0.1) is 0 Å². The molecule has 1 aliphatic rings. The van der Waals surface area contributed by atoms with Crippen molar-refractivity contribution < 1.29 is 4.74 Å². The second-order valence-electron chi connectivity index (χ2n) is 5.12. The van der Waals surface area contributed by atoms with E-state index in [9.17, 15) is 0 Å². The first-order valence-electron chi connectivity index (χ1n) is 6.60. The molecule has 0 radical (unpaired) electrons. The van der Waals surface area contributed by atoms with E-state index in [2.05, 4.69) is 29.1 Å². The largest absolute Gasteiger partial charge is 0.383 e. The van der Waals surface area contributed by atoms with Crippen molar-refractivity contribution in [2.45, 2.75) is 32.6 Å². The van der Waals surface area contributed by atoms with Crippen molar-refractivity contribution in [2.75, 3.05) is 30.8 Å². The normalized spacial score (nSPS) is 19.4. The second kappa shape index (κ2) is 6.00. The summed E-state index contributed by atoms with van der Waals surface area (Å²) in [7, 11) is 0. The molecule has 100 valence electrons. The molecule has 0 aliphatic carbocycles. The standard InChI is InChI=1S/C13H22N4O/c1-9(2)11-12(14)16-8-17-13(11)15-5-3-10-4-6-18-7-10/h8-10H,3-7H2,1-2H3,(H3,14,15,16,17). The fourth-order valence-corrected chi connectivity index (χ4v) is 2.32. The van der Waals surface area contributed by atoms with Crippen molar-refractivity contribution in [1.29, 1.82) is 0 Å². The molecule has 1 atom stereocenters. The Morgan fingerprint density at radius 2 is 2.33 bits per heavy atom. The predicted molar refractivity (Wildman–Crippen MR) is 72.6 cm³/mol. The van der Waals surface area contributed by atoms with Crippen molar-refractivity contribution >= 4 is 11.6 Å². The van der Waals surface area contributed by atoms with Crippen molar-refractivity contribution in [3.8, 4) is 0 Å². The Labute approximate surface area is 108 Å². The number of nitrogens with zero attached hydrogens (tertiary/aromatic N) is 2. The van der Waals surface area contributed by atoms with Gasteiger partial charge in [-0.3, -0.25) is 0 Å². The maximum absolute atomic E-state index is 5.91.